The van der Waals surface area contributed by atoms with Gasteiger partial charge in [0.25, 0.3) is 0 Å². The van der Waals surface area contributed by atoms with Crippen molar-refractivity contribution in [3.63, 3.8) is 0 Å². The largest absolute Gasteiger partial charge is 0.511 e. The van der Waals surface area contributed by atoms with Crippen molar-refractivity contribution in [1.29, 1.82) is 0 Å². The van der Waals surface area contributed by atoms with Gasteiger partial charge in [-0.05, 0) is 18.4 Å². The van der Waals surface area contributed by atoms with E-state index in [-0.39, 0.29) is 15.8 Å². The predicted octanol–water partition coefficient (Wildman–Crippen LogP) is 4.05. The second-order valence-corrected chi connectivity index (χ2v) is 13.2. The maximum Gasteiger partial charge on any atom is 0.338 e. The smallest absolute Gasteiger partial charge is 0.338 e. The van der Waals surface area contributed by atoms with E-state index in [1.54, 1.807) is 18.3 Å². The average Bonchev–Trinajstić information content (AvgIpc) is 2.92. The Hall–Kier alpha value is -1.86. The van der Waals surface area contributed by atoms with Crippen LogP contribution in [0.15, 0.2) is 24.4 Å². The molecule has 24 heavy (non-hydrogen) atoms. The van der Waals surface area contributed by atoms with Gasteiger partial charge in [0.1, 0.15) is 5.15 Å². The van der Waals surface area contributed by atoms with Crippen LogP contribution in [0, 0.1) is 0 Å². The highest BCUT2D eigenvalue weighted by Crippen LogP contribution is 2.35. The number of pyridine rings is 1. The molecule has 2 rings (SSSR count). The number of halogens is 1. The number of rotatable bonds is 5. The Balaban J connectivity index is 2.14. The van der Waals surface area contributed by atoms with E-state index >= 15 is 0 Å². The number of hydrogen-bond donors (Lipinski definition) is 1. The molecule has 0 aromatic carbocycles. The van der Waals surface area contributed by atoms with Gasteiger partial charge >= 0.3 is 5.97 Å². The Morgan fingerprint density at radius 2 is 2.00 bits per heavy atom. The number of nitrogens with zero attached hydrogens (tertiary/aromatic N) is 3. The van der Waals surface area contributed by atoms with Crippen molar-refractivity contribution in [2.24, 2.45) is 0 Å². The van der Waals surface area contributed by atoms with Gasteiger partial charge in [-0.3, -0.25) is 0 Å². The zero-order chi connectivity index (χ0) is 18.1. The molecular weight excluding hydrogens is 346 g/mol. The highest BCUT2D eigenvalue weighted by atomic mass is 35.5. The lowest BCUT2D eigenvalue weighted by Crippen LogP contribution is -2.43. The summed E-state index contributed by atoms with van der Waals surface area (Å²) in [4.78, 5) is 15.0. The number of carboxylic acid groups (broad SMARTS) is 1. The Morgan fingerprint density at radius 3 is 2.54 bits per heavy atom. The minimum atomic E-state index is -1.56. The maximum atomic E-state index is 11.0. The molecule has 1 N–H and O–H groups in total. The Bertz CT molecular complexity index is 753. The average molecular weight is 368 g/mol. The van der Waals surface area contributed by atoms with Gasteiger partial charge in [0.2, 0.25) is 5.88 Å². The molecular formula is C16H22ClN3O3Si-. The summed E-state index contributed by atoms with van der Waals surface area (Å²) in [6.45, 7) is 11.3. The van der Waals surface area contributed by atoms with Crippen LogP contribution >= 0.6 is 11.6 Å². The number of hydrogen-bond acceptors (Lipinski definition) is 4. The van der Waals surface area contributed by atoms with Crippen molar-refractivity contribution >= 4 is 25.6 Å². The molecule has 2 heterocycles. The molecule has 0 aliphatic rings. The lowest BCUT2D eigenvalue weighted by atomic mass is 10.2. The summed E-state index contributed by atoms with van der Waals surface area (Å²) in [5, 5.41) is 13.5. The van der Waals surface area contributed by atoms with Crippen molar-refractivity contribution in [2.45, 2.75) is 38.9 Å². The molecule has 0 aliphatic heterocycles. The first-order chi connectivity index (χ1) is 11.0. The standard InChI is InChI=1S/C16H22ClN3O3Si/c1-16(2,3)24(4,5)10-23-13-8-9-20(19-13)12-7-6-11(15(21)22)14(17)18-12/h6-9H,10H2,1-5H3,(H,21,22)/q-1. The molecule has 0 saturated carbocycles. The molecule has 0 aliphatic carbocycles. The van der Waals surface area contributed by atoms with Gasteiger partial charge in [0, 0.05) is 12.3 Å². The highest BCUT2D eigenvalue weighted by molar-refractivity contribution is 6.80. The number of aromatic nitrogens is 3. The van der Waals surface area contributed by atoms with Crippen LogP contribution in [0.4, 0.5) is 0 Å². The lowest BCUT2D eigenvalue weighted by molar-refractivity contribution is 0.0696. The van der Waals surface area contributed by atoms with Crippen LogP contribution in [0.5, 0.6) is 5.88 Å². The number of ether oxygens (including phenoxy) is 1. The zero-order valence-electron chi connectivity index (χ0n) is 14.5. The SMILES string of the molecule is CC(C)(C)[Si-](C)(C)COc1ccn(-c2ccc(C(=O)O)c(Cl)n2)n1. The summed E-state index contributed by atoms with van der Waals surface area (Å²) in [5.41, 5.74) is -0.0398. The fraction of sp³-hybridized carbons (Fsp3) is 0.438. The van der Waals surface area contributed by atoms with E-state index in [0.717, 1.165) is 0 Å². The second kappa shape index (κ2) is 6.56. The van der Waals surface area contributed by atoms with Crippen molar-refractivity contribution in [2.75, 3.05) is 6.23 Å². The van der Waals surface area contributed by atoms with Gasteiger partial charge in [-0.2, -0.15) is 13.1 Å². The number of carboxylic acids is 1. The van der Waals surface area contributed by atoms with E-state index in [9.17, 15) is 4.79 Å². The molecule has 8 heteroatoms. The van der Waals surface area contributed by atoms with Gasteiger partial charge in [0.05, 0.1) is 5.56 Å². The molecule has 0 atom stereocenters. The molecule has 0 spiro atoms. The van der Waals surface area contributed by atoms with Crippen LogP contribution in [0.3, 0.4) is 0 Å². The summed E-state index contributed by atoms with van der Waals surface area (Å²) >= 11 is 5.89. The lowest BCUT2D eigenvalue weighted by Gasteiger charge is -2.47. The minimum Gasteiger partial charge on any atom is -0.511 e. The topological polar surface area (TPSA) is 77.2 Å². The van der Waals surface area contributed by atoms with Crippen molar-refractivity contribution in [3.05, 3.63) is 35.1 Å². The monoisotopic (exact) mass is 367 g/mol. The zero-order valence-corrected chi connectivity index (χ0v) is 16.3. The van der Waals surface area contributed by atoms with Crippen LogP contribution < -0.4 is 4.74 Å². The van der Waals surface area contributed by atoms with Crippen LogP contribution in [0.25, 0.3) is 5.82 Å². The summed E-state index contributed by atoms with van der Waals surface area (Å²) in [6, 6.07) is 4.72. The summed E-state index contributed by atoms with van der Waals surface area (Å²) in [6.07, 6.45) is 2.37. The first kappa shape index (κ1) is 18.5. The molecule has 0 radical (unpaired) electrons. The van der Waals surface area contributed by atoms with Crippen LogP contribution in [0.1, 0.15) is 31.1 Å². The molecule has 6 nitrogen and oxygen atoms in total. The summed E-state index contributed by atoms with van der Waals surface area (Å²) in [7, 11) is -1.56. The molecule has 0 saturated heterocycles. The van der Waals surface area contributed by atoms with Crippen molar-refractivity contribution in [3.8, 4) is 11.7 Å². The highest BCUT2D eigenvalue weighted by Gasteiger charge is 2.24. The maximum absolute atomic E-state index is 11.0. The molecule has 131 valence electrons. The van der Waals surface area contributed by atoms with Gasteiger partial charge < -0.3 is 9.84 Å². The first-order valence-electron chi connectivity index (χ1n) is 7.60. The Morgan fingerprint density at radius 1 is 1.33 bits per heavy atom. The number of carbonyl (C=O) groups is 1. The predicted molar refractivity (Wildman–Crippen MR) is 96.0 cm³/mol. The fourth-order valence-corrected chi connectivity index (χ4v) is 2.87. The van der Waals surface area contributed by atoms with E-state index in [2.05, 4.69) is 43.9 Å². The third-order valence-corrected chi connectivity index (χ3v) is 9.69. The van der Waals surface area contributed by atoms with Crippen molar-refractivity contribution in [1.82, 2.24) is 14.8 Å². The van der Waals surface area contributed by atoms with Gasteiger partial charge in [-0.1, -0.05) is 32.4 Å². The van der Waals surface area contributed by atoms with E-state index in [0.29, 0.717) is 17.9 Å². The Labute approximate surface area is 147 Å². The quantitative estimate of drug-likeness (QED) is 0.637. The second-order valence-electron chi connectivity index (χ2n) is 7.33. The molecule has 2 aromatic rings. The third kappa shape index (κ3) is 3.96. The Kier molecular flexibility index (Phi) is 5.05. The molecule has 2 aromatic heterocycles. The first-order valence-corrected chi connectivity index (χ1v) is 11.2. The molecule has 0 fully saturated rings. The normalized spacial score (nSPS) is 12.2. The van der Waals surface area contributed by atoms with Crippen LogP contribution in [0.2, 0.25) is 23.3 Å². The van der Waals surface area contributed by atoms with E-state index < -0.39 is 14.0 Å². The molecule has 0 bridgehead atoms. The molecule has 0 unspecified atom stereocenters. The van der Waals surface area contributed by atoms with E-state index in [4.69, 9.17) is 21.4 Å². The van der Waals surface area contributed by atoms with Crippen LogP contribution in [-0.2, 0) is 0 Å². The van der Waals surface area contributed by atoms with E-state index in [1.807, 2.05) is 0 Å². The van der Waals surface area contributed by atoms with E-state index in [1.165, 1.54) is 10.7 Å². The van der Waals surface area contributed by atoms with Gasteiger partial charge in [-0.15, -0.1) is 18.2 Å². The van der Waals surface area contributed by atoms with Crippen LogP contribution in [-0.4, -0.2) is 40.1 Å². The summed E-state index contributed by atoms with van der Waals surface area (Å²) in [5.74, 6) is -0.162. The third-order valence-electron chi connectivity index (χ3n) is 4.48. The fourth-order valence-electron chi connectivity index (χ4n) is 1.69. The van der Waals surface area contributed by atoms with Gasteiger partial charge in [0.15, 0.2) is 5.82 Å². The molecule has 0 amide bonds. The van der Waals surface area contributed by atoms with Gasteiger partial charge in [-0.25, -0.2) is 14.5 Å². The minimum absolute atomic E-state index is 0.0398. The van der Waals surface area contributed by atoms with Crippen molar-refractivity contribution < 1.29 is 14.6 Å². The summed E-state index contributed by atoms with van der Waals surface area (Å²) < 4.78 is 7.38. The number of aromatic carboxylic acids is 1.